The maximum absolute atomic E-state index is 12.7. The Hall–Kier alpha value is -2.63. The number of carbonyl (C=O) groups is 2. The van der Waals surface area contributed by atoms with Crippen molar-refractivity contribution in [2.24, 2.45) is 5.92 Å². The molecule has 6 nitrogen and oxygen atoms in total. The molecule has 128 valence electrons. The summed E-state index contributed by atoms with van der Waals surface area (Å²) < 4.78 is 4.92. The fourth-order valence-electron chi connectivity index (χ4n) is 2.21. The summed E-state index contributed by atoms with van der Waals surface area (Å²) in [7, 11) is 0. The monoisotopic (exact) mass is 329 g/mol. The summed E-state index contributed by atoms with van der Waals surface area (Å²) in [6.07, 6.45) is 0.828. The Morgan fingerprint density at radius 2 is 1.96 bits per heavy atom. The molecule has 0 unspecified atom stereocenters. The second-order valence-corrected chi connectivity index (χ2v) is 6.15. The number of nitrogens with one attached hydrogen (secondary N) is 1. The van der Waals surface area contributed by atoms with Crippen LogP contribution in [0.4, 0.5) is 5.82 Å². The Bertz CT molecular complexity index is 680. The average molecular weight is 329 g/mol. The summed E-state index contributed by atoms with van der Waals surface area (Å²) >= 11 is 0. The summed E-state index contributed by atoms with van der Waals surface area (Å²) in [6, 6.07) is 10.6. The lowest BCUT2D eigenvalue weighted by atomic mass is 10.1. The highest BCUT2D eigenvalue weighted by Gasteiger charge is 2.19. The third-order valence-corrected chi connectivity index (χ3v) is 3.51. The third kappa shape index (κ3) is 5.22. The summed E-state index contributed by atoms with van der Waals surface area (Å²) in [5.74, 6) is 0.965. The van der Waals surface area contributed by atoms with Crippen molar-refractivity contribution in [2.75, 3.05) is 18.4 Å². The van der Waals surface area contributed by atoms with Crippen LogP contribution in [0, 0.1) is 12.8 Å². The summed E-state index contributed by atoms with van der Waals surface area (Å²) in [5.41, 5.74) is 0.575. The number of nitrogens with zero attached hydrogens (tertiary/aromatic N) is 2. The lowest BCUT2D eigenvalue weighted by Crippen LogP contribution is -2.39. The molecule has 24 heavy (non-hydrogen) atoms. The van der Waals surface area contributed by atoms with Gasteiger partial charge in [0.1, 0.15) is 12.3 Å². The molecule has 1 aromatic heterocycles. The lowest BCUT2D eigenvalue weighted by Gasteiger charge is -2.23. The molecule has 0 radical (unpaired) electrons. The molecule has 0 saturated heterocycles. The van der Waals surface area contributed by atoms with Crippen molar-refractivity contribution < 1.29 is 14.1 Å². The van der Waals surface area contributed by atoms with Crippen LogP contribution in [0.2, 0.25) is 0 Å². The zero-order valence-electron chi connectivity index (χ0n) is 14.3. The molecule has 2 amide bonds. The van der Waals surface area contributed by atoms with Crippen LogP contribution in [0.5, 0.6) is 0 Å². The van der Waals surface area contributed by atoms with E-state index < -0.39 is 0 Å². The molecule has 0 aliphatic heterocycles. The Morgan fingerprint density at radius 1 is 1.25 bits per heavy atom. The standard InChI is InChI=1S/C18H23N3O3/c1-13(2)9-10-21(18(23)15-7-5-4-6-8-15)12-17(22)19-16-11-14(3)24-20-16/h4-8,11,13H,9-10,12H2,1-3H3,(H,19,20,22). The number of aryl methyl sites for hydroxylation is 1. The van der Waals surface area contributed by atoms with Gasteiger partial charge in [-0.15, -0.1) is 0 Å². The fourth-order valence-corrected chi connectivity index (χ4v) is 2.21. The quantitative estimate of drug-likeness (QED) is 0.847. The number of aromatic nitrogens is 1. The lowest BCUT2D eigenvalue weighted by molar-refractivity contribution is -0.117. The van der Waals surface area contributed by atoms with Crippen LogP contribution < -0.4 is 5.32 Å². The summed E-state index contributed by atoms with van der Waals surface area (Å²) in [4.78, 5) is 26.5. The van der Waals surface area contributed by atoms with Gasteiger partial charge in [0, 0.05) is 18.2 Å². The largest absolute Gasteiger partial charge is 0.360 e. The first-order chi connectivity index (χ1) is 11.5. The second-order valence-electron chi connectivity index (χ2n) is 6.15. The molecular weight excluding hydrogens is 306 g/mol. The van der Waals surface area contributed by atoms with Crippen molar-refractivity contribution in [1.29, 1.82) is 0 Å². The molecule has 2 rings (SSSR count). The van der Waals surface area contributed by atoms with Gasteiger partial charge in [-0.3, -0.25) is 9.59 Å². The maximum Gasteiger partial charge on any atom is 0.254 e. The minimum absolute atomic E-state index is 0.0215. The molecule has 0 aliphatic rings. The van der Waals surface area contributed by atoms with Gasteiger partial charge in [0.05, 0.1) is 0 Å². The van der Waals surface area contributed by atoms with Crippen LogP contribution in [-0.4, -0.2) is 35.0 Å². The number of anilines is 1. The van der Waals surface area contributed by atoms with Crippen molar-refractivity contribution in [2.45, 2.75) is 27.2 Å². The Morgan fingerprint density at radius 3 is 2.54 bits per heavy atom. The second kappa shape index (κ2) is 8.29. The highest BCUT2D eigenvalue weighted by Crippen LogP contribution is 2.10. The maximum atomic E-state index is 12.7. The predicted molar refractivity (Wildman–Crippen MR) is 91.7 cm³/mol. The van der Waals surface area contributed by atoms with Gasteiger partial charge in [0.2, 0.25) is 5.91 Å². The van der Waals surface area contributed by atoms with E-state index in [1.54, 1.807) is 30.0 Å². The van der Waals surface area contributed by atoms with Crippen LogP contribution in [0.3, 0.4) is 0 Å². The molecule has 0 bridgehead atoms. The molecule has 0 spiro atoms. The van der Waals surface area contributed by atoms with Gasteiger partial charge < -0.3 is 14.7 Å². The first kappa shape index (κ1) is 17.7. The van der Waals surface area contributed by atoms with E-state index in [4.69, 9.17) is 4.52 Å². The normalized spacial score (nSPS) is 10.7. The minimum Gasteiger partial charge on any atom is -0.360 e. The minimum atomic E-state index is -0.295. The van der Waals surface area contributed by atoms with Crippen LogP contribution in [0.25, 0.3) is 0 Å². The Kier molecular flexibility index (Phi) is 6.12. The molecule has 2 aromatic rings. The van der Waals surface area contributed by atoms with Crippen LogP contribution >= 0.6 is 0 Å². The molecule has 6 heteroatoms. The molecule has 1 N–H and O–H groups in total. The van der Waals surface area contributed by atoms with Gasteiger partial charge in [-0.05, 0) is 31.4 Å². The van der Waals surface area contributed by atoms with E-state index >= 15 is 0 Å². The van der Waals surface area contributed by atoms with Crippen molar-refractivity contribution in [3.63, 3.8) is 0 Å². The van der Waals surface area contributed by atoms with Gasteiger partial charge >= 0.3 is 0 Å². The van der Waals surface area contributed by atoms with E-state index in [1.165, 1.54) is 0 Å². The molecule has 0 atom stereocenters. The number of hydrogen-bond donors (Lipinski definition) is 1. The zero-order chi connectivity index (χ0) is 17.5. The van der Waals surface area contributed by atoms with Gasteiger partial charge in [-0.2, -0.15) is 0 Å². The Balaban J connectivity index is 2.04. The zero-order valence-corrected chi connectivity index (χ0v) is 14.3. The van der Waals surface area contributed by atoms with Crippen LogP contribution in [0.15, 0.2) is 40.9 Å². The molecular formula is C18H23N3O3. The summed E-state index contributed by atoms with van der Waals surface area (Å²) in [5, 5.41) is 6.38. The topological polar surface area (TPSA) is 75.4 Å². The van der Waals surface area contributed by atoms with Crippen molar-refractivity contribution in [3.05, 3.63) is 47.7 Å². The van der Waals surface area contributed by atoms with E-state index in [2.05, 4.69) is 24.3 Å². The highest BCUT2D eigenvalue weighted by molar-refractivity contribution is 5.99. The van der Waals surface area contributed by atoms with Gasteiger partial charge in [-0.1, -0.05) is 37.2 Å². The first-order valence-corrected chi connectivity index (χ1v) is 8.03. The van der Waals surface area contributed by atoms with Gasteiger partial charge in [0.25, 0.3) is 5.91 Å². The van der Waals surface area contributed by atoms with Crippen LogP contribution in [-0.2, 0) is 4.79 Å². The van der Waals surface area contributed by atoms with Crippen molar-refractivity contribution in [3.8, 4) is 0 Å². The first-order valence-electron chi connectivity index (χ1n) is 8.03. The number of benzene rings is 1. The van der Waals surface area contributed by atoms with Gasteiger partial charge in [-0.25, -0.2) is 0 Å². The molecule has 0 aliphatic carbocycles. The number of amides is 2. The van der Waals surface area contributed by atoms with Gasteiger partial charge in [0.15, 0.2) is 5.82 Å². The molecule has 1 heterocycles. The summed E-state index contributed by atoms with van der Waals surface area (Å²) in [6.45, 7) is 6.42. The molecule has 0 fully saturated rings. The molecule has 1 aromatic carbocycles. The Labute approximate surface area is 141 Å². The number of rotatable bonds is 7. The average Bonchev–Trinajstić information content (AvgIpc) is 2.96. The highest BCUT2D eigenvalue weighted by atomic mass is 16.5. The predicted octanol–water partition coefficient (Wildman–Crippen LogP) is 3.11. The van der Waals surface area contributed by atoms with E-state index in [0.717, 1.165) is 6.42 Å². The van der Waals surface area contributed by atoms with E-state index in [-0.39, 0.29) is 18.4 Å². The number of carbonyl (C=O) groups excluding carboxylic acids is 2. The fraction of sp³-hybridized carbons (Fsp3) is 0.389. The molecule has 0 saturated carbocycles. The number of hydrogen-bond acceptors (Lipinski definition) is 4. The van der Waals surface area contributed by atoms with Crippen molar-refractivity contribution in [1.82, 2.24) is 10.1 Å². The SMILES string of the molecule is Cc1cc(NC(=O)CN(CCC(C)C)C(=O)c2ccccc2)no1. The third-order valence-electron chi connectivity index (χ3n) is 3.51. The van der Waals surface area contributed by atoms with E-state index in [1.807, 2.05) is 18.2 Å². The van der Waals surface area contributed by atoms with Crippen molar-refractivity contribution >= 4 is 17.6 Å². The smallest absolute Gasteiger partial charge is 0.254 e. The van der Waals surface area contributed by atoms with E-state index in [0.29, 0.717) is 29.6 Å². The van der Waals surface area contributed by atoms with Crippen LogP contribution in [0.1, 0.15) is 36.4 Å². The van der Waals surface area contributed by atoms with E-state index in [9.17, 15) is 9.59 Å².